The zero-order valence-electron chi connectivity index (χ0n) is 11.7. The molecule has 1 aromatic heterocycles. The van der Waals surface area contributed by atoms with Crippen LogP contribution < -0.4 is 4.72 Å². The monoisotopic (exact) mass is 301 g/mol. The average molecular weight is 301 g/mol. The van der Waals surface area contributed by atoms with E-state index in [1.54, 1.807) is 36.7 Å². The Morgan fingerprint density at radius 2 is 1.90 bits per heavy atom. The summed E-state index contributed by atoms with van der Waals surface area (Å²) in [6.45, 7) is 1.86. The second kappa shape index (κ2) is 4.89. The molecule has 5 nitrogen and oxygen atoms in total. The van der Waals surface area contributed by atoms with Gasteiger partial charge in [-0.2, -0.15) is 0 Å². The van der Waals surface area contributed by atoms with Gasteiger partial charge in [-0.15, -0.1) is 0 Å². The van der Waals surface area contributed by atoms with E-state index in [1.165, 1.54) is 0 Å². The lowest BCUT2D eigenvalue weighted by Gasteiger charge is -2.10. The highest BCUT2D eigenvalue weighted by Crippen LogP contribution is 2.22. The molecule has 0 atom stereocenters. The maximum Gasteiger partial charge on any atom is 0.261 e. The summed E-state index contributed by atoms with van der Waals surface area (Å²) < 4.78 is 29.4. The maximum absolute atomic E-state index is 12.5. The molecule has 1 heterocycles. The highest BCUT2D eigenvalue weighted by molar-refractivity contribution is 7.92. The SMILES string of the molecule is Cc1ccccc1NS(=O)(=O)c1ccc2c(c1)ncn2C. The molecule has 0 aliphatic carbocycles. The van der Waals surface area contributed by atoms with Gasteiger partial charge in [-0.3, -0.25) is 4.72 Å². The second-order valence-electron chi connectivity index (χ2n) is 4.93. The number of aromatic nitrogens is 2. The van der Waals surface area contributed by atoms with Crippen molar-refractivity contribution in [3.8, 4) is 0 Å². The molecule has 0 unspecified atom stereocenters. The molecule has 0 amide bonds. The summed E-state index contributed by atoms with van der Waals surface area (Å²) in [5, 5.41) is 0. The molecule has 3 aromatic rings. The molecule has 6 heteroatoms. The summed E-state index contributed by atoms with van der Waals surface area (Å²) in [4.78, 5) is 4.39. The molecule has 1 N–H and O–H groups in total. The molecule has 108 valence electrons. The van der Waals surface area contributed by atoms with Crippen LogP contribution in [0.5, 0.6) is 0 Å². The molecule has 2 aromatic carbocycles. The van der Waals surface area contributed by atoms with Crippen LogP contribution >= 0.6 is 0 Å². The third kappa shape index (κ3) is 2.50. The van der Waals surface area contributed by atoms with Crippen molar-refractivity contribution in [2.24, 2.45) is 7.05 Å². The fourth-order valence-corrected chi connectivity index (χ4v) is 3.32. The van der Waals surface area contributed by atoms with Gasteiger partial charge in [0, 0.05) is 7.05 Å². The molecule has 0 spiro atoms. The van der Waals surface area contributed by atoms with Gasteiger partial charge in [0.25, 0.3) is 10.0 Å². The van der Waals surface area contributed by atoms with E-state index in [1.807, 2.05) is 30.7 Å². The summed E-state index contributed by atoms with van der Waals surface area (Å²) in [7, 11) is -1.75. The first-order valence-corrected chi connectivity index (χ1v) is 7.95. The Balaban J connectivity index is 2.02. The first-order valence-electron chi connectivity index (χ1n) is 6.47. The minimum Gasteiger partial charge on any atom is -0.334 e. The number of benzene rings is 2. The van der Waals surface area contributed by atoms with Crippen molar-refractivity contribution in [2.45, 2.75) is 11.8 Å². The third-order valence-electron chi connectivity index (χ3n) is 3.40. The molecule has 0 aliphatic heterocycles. The summed E-state index contributed by atoms with van der Waals surface area (Å²) in [6.07, 6.45) is 1.66. The molecule has 0 saturated heterocycles. The van der Waals surface area contributed by atoms with Crippen LogP contribution in [0.15, 0.2) is 53.7 Å². The lowest BCUT2D eigenvalue weighted by Crippen LogP contribution is -2.13. The fraction of sp³-hybridized carbons (Fsp3) is 0.133. The van der Waals surface area contributed by atoms with E-state index in [0.717, 1.165) is 11.1 Å². The van der Waals surface area contributed by atoms with Gasteiger partial charge >= 0.3 is 0 Å². The number of imidazole rings is 1. The Morgan fingerprint density at radius 3 is 2.67 bits per heavy atom. The Bertz CT molecular complexity index is 914. The predicted octanol–water partition coefficient (Wildman–Crippen LogP) is 2.68. The van der Waals surface area contributed by atoms with E-state index < -0.39 is 10.0 Å². The number of nitrogens with zero attached hydrogens (tertiary/aromatic N) is 2. The van der Waals surface area contributed by atoms with E-state index in [4.69, 9.17) is 0 Å². The van der Waals surface area contributed by atoms with E-state index in [2.05, 4.69) is 9.71 Å². The average Bonchev–Trinajstić information content (AvgIpc) is 2.82. The third-order valence-corrected chi connectivity index (χ3v) is 4.76. The van der Waals surface area contributed by atoms with Crippen LogP contribution in [0.25, 0.3) is 11.0 Å². The quantitative estimate of drug-likeness (QED) is 0.809. The van der Waals surface area contributed by atoms with Crippen molar-refractivity contribution in [1.82, 2.24) is 9.55 Å². The van der Waals surface area contributed by atoms with Crippen molar-refractivity contribution < 1.29 is 8.42 Å². The van der Waals surface area contributed by atoms with Crippen LogP contribution in [0, 0.1) is 6.92 Å². The van der Waals surface area contributed by atoms with E-state index in [-0.39, 0.29) is 4.90 Å². The molecule has 21 heavy (non-hydrogen) atoms. The van der Waals surface area contributed by atoms with Gasteiger partial charge < -0.3 is 4.57 Å². The summed E-state index contributed by atoms with van der Waals surface area (Å²) in [5.41, 5.74) is 3.01. The number of anilines is 1. The van der Waals surface area contributed by atoms with Gasteiger partial charge in [0.2, 0.25) is 0 Å². The molecule has 0 fully saturated rings. The Labute approximate surface area is 123 Å². The Hall–Kier alpha value is -2.34. The van der Waals surface area contributed by atoms with Crippen molar-refractivity contribution in [3.05, 3.63) is 54.4 Å². The van der Waals surface area contributed by atoms with Gasteiger partial charge in [0.05, 0.1) is 27.9 Å². The topological polar surface area (TPSA) is 64.0 Å². The zero-order chi connectivity index (χ0) is 15.0. The summed E-state index contributed by atoms with van der Waals surface area (Å²) in [6, 6.07) is 12.2. The van der Waals surface area contributed by atoms with Crippen molar-refractivity contribution in [3.63, 3.8) is 0 Å². The Kier molecular flexibility index (Phi) is 3.17. The number of sulfonamides is 1. The van der Waals surface area contributed by atoms with Gasteiger partial charge in [0.1, 0.15) is 0 Å². The van der Waals surface area contributed by atoms with Crippen LogP contribution in [-0.2, 0) is 17.1 Å². The highest BCUT2D eigenvalue weighted by Gasteiger charge is 2.16. The standard InChI is InChI=1S/C15H15N3O2S/c1-11-5-3-4-6-13(11)17-21(19,20)12-7-8-15-14(9-12)16-10-18(15)2/h3-10,17H,1-2H3. The van der Waals surface area contributed by atoms with Crippen LogP contribution in [0.1, 0.15) is 5.56 Å². The van der Waals surface area contributed by atoms with Crippen molar-refractivity contribution in [1.29, 1.82) is 0 Å². The number of fused-ring (bicyclic) bond motifs is 1. The molecule has 0 bridgehead atoms. The molecule has 0 radical (unpaired) electrons. The van der Waals surface area contributed by atoms with Crippen molar-refractivity contribution >= 4 is 26.7 Å². The smallest absolute Gasteiger partial charge is 0.261 e. The molecule has 0 aliphatic rings. The zero-order valence-corrected chi connectivity index (χ0v) is 12.6. The van der Waals surface area contributed by atoms with E-state index in [0.29, 0.717) is 11.2 Å². The number of aryl methyl sites for hydroxylation is 2. The largest absolute Gasteiger partial charge is 0.334 e. The van der Waals surface area contributed by atoms with Crippen LogP contribution in [0.3, 0.4) is 0 Å². The number of rotatable bonds is 3. The van der Waals surface area contributed by atoms with Crippen molar-refractivity contribution in [2.75, 3.05) is 4.72 Å². The maximum atomic E-state index is 12.5. The second-order valence-corrected chi connectivity index (χ2v) is 6.61. The van der Waals surface area contributed by atoms with Crippen LogP contribution in [0.4, 0.5) is 5.69 Å². The van der Waals surface area contributed by atoms with Crippen LogP contribution in [-0.4, -0.2) is 18.0 Å². The lowest BCUT2D eigenvalue weighted by atomic mass is 10.2. The molecule has 0 saturated carbocycles. The highest BCUT2D eigenvalue weighted by atomic mass is 32.2. The number of hydrogen-bond donors (Lipinski definition) is 1. The molecular formula is C15H15N3O2S. The lowest BCUT2D eigenvalue weighted by molar-refractivity contribution is 0.601. The Morgan fingerprint density at radius 1 is 1.14 bits per heavy atom. The summed E-state index contributed by atoms with van der Waals surface area (Å²) >= 11 is 0. The first kappa shape index (κ1) is 13.6. The van der Waals surface area contributed by atoms with Gasteiger partial charge in [-0.25, -0.2) is 13.4 Å². The number of nitrogens with one attached hydrogen (secondary N) is 1. The number of para-hydroxylation sites is 1. The van der Waals surface area contributed by atoms with E-state index >= 15 is 0 Å². The van der Waals surface area contributed by atoms with Gasteiger partial charge in [-0.05, 0) is 36.8 Å². The van der Waals surface area contributed by atoms with Gasteiger partial charge in [0.15, 0.2) is 0 Å². The van der Waals surface area contributed by atoms with Gasteiger partial charge in [-0.1, -0.05) is 18.2 Å². The number of hydrogen-bond acceptors (Lipinski definition) is 3. The molecular weight excluding hydrogens is 286 g/mol. The summed E-state index contributed by atoms with van der Waals surface area (Å²) in [5.74, 6) is 0. The fourth-order valence-electron chi connectivity index (χ4n) is 2.17. The molecule has 3 rings (SSSR count). The predicted molar refractivity (Wildman–Crippen MR) is 82.7 cm³/mol. The van der Waals surface area contributed by atoms with E-state index in [9.17, 15) is 8.42 Å². The van der Waals surface area contributed by atoms with Crippen LogP contribution in [0.2, 0.25) is 0 Å². The minimum atomic E-state index is -3.62. The first-order chi connectivity index (χ1) is 9.97. The minimum absolute atomic E-state index is 0.206. The normalized spacial score (nSPS) is 11.7.